The van der Waals surface area contributed by atoms with Crippen molar-refractivity contribution in [2.45, 2.75) is 13.5 Å². The zero-order chi connectivity index (χ0) is 15.4. The highest BCUT2D eigenvalue weighted by Gasteiger charge is 2.09. The molecule has 0 bridgehead atoms. The van der Waals surface area contributed by atoms with Crippen molar-refractivity contribution in [1.82, 2.24) is 10.3 Å². The molecule has 3 rings (SSSR count). The minimum atomic E-state index is -0.0824. The average Bonchev–Trinajstić information content (AvgIpc) is 3.15. The average molecular weight is 313 g/mol. The fourth-order valence-corrected chi connectivity index (χ4v) is 2.63. The highest BCUT2D eigenvalue weighted by molar-refractivity contribution is 7.14. The van der Waals surface area contributed by atoms with Gasteiger partial charge in [-0.2, -0.15) is 0 Å². The zero-order valence-corrected chi connectivity index (χ0v) is 12.8. The summed E-state index contributed by atoms with van der Waals surface area (Å²) in [5.74, 6) is 1.31. The molecule has 0 aliphatic rings. The minimum Gasteiger partial charge on any atom is -0.458 e. The van der Waals surface area contributed by atoms with Crippen LogP contribution >= 0.6 is 11.3 Å². The van der Waals surface area contributed by atoms with E-state index < -0.39 is 0 Å². The van der Waals surface area contributed by atoms with Crippen molar-refractivity contribution in [1.29, 1.82) is 0 Å². The Balaban J connectivity index is 1.69. The number of nitrogens with zero attached hydrogens (tertiary/aromatic N) is 1. The molecule has 0 spiro atoms. The predicted molar refractivity (Wildman–Crippen MR) is 87.1 cm³/mol. The van der Waals surface area contributed by atoms with Gasteiger partial charge >= 0.3 is 0 Å². The number of furan rings is 1. The molecule has 1 aromatic carbocycles. The summed E-state index contributed by atoms with van der Waals surface area (Å²) in [6.07, 6.45) is 0. The van der Waals surface area contributed by atoms with Crippen molar-refractivity contribution in [3.63, 3.8) is 0 Å². The first-order chi connectivity index (χ1) is 10.7. The summed E-state index contributed by atoms with van der Waals surface area (Å²) in [5.41, 5.74) is 1.77. The van der Waals surface area contributed by atoms with Crippen molar-refractivity contribution in [3.05, 3.63) is 53.6 Å². The van der Waals surface area contributed by atoms with E-state index in [0.717, 1.165) is 16.5 Å². The van der Waals surface area contributed by atoms with E-state index in [1.807, 2.05) is 47.8 Å². The molecular formula is C16H15N3O2S. The Morgan fingerprint density at radius 1 is 1.23 bits per heavy atom. The maximum Gasteiger partial charge on any atom is 0.217 e. The van der Waals surface area contributed by atoms with Crippen LogP contribution < -0.4 is 10.6 Å². The Kier molecular flexibility index (Phi) is 4.20. The fraction of sp³-hybridized carbons (Fsp3) is 0.125. The Bertz CT molecular complexity index is 765. The smallest absolute Gasteiger partial charge is 0.217 e. The number of anilines is 2. The summed E-state index contributed by atoms with van der Waals surface area (Å²) in [6.45, 7) is 1.86. The van der Waals surface area contributed by atoms with Crippen molar-refractivity contribution in [2.24, 2.45) is 0 Å². The second-order valence-corrected chi connectivity index (χ2v) is 5.56. The van der Waals surface area contributed by atoms with Gasteiger partial charge in [-0.1, -0.05) is 18.2 Å². The van der Waals surface area contributed by atoms with Crippen molar-refractivity contribution >= 4 is 28.1 Å². The van der Waals surface area contributed by atoms with Crippen molar-refractivity contribution in [3.8, 4) is 11.5 Å². The van der Waals surface area contributed by atoms with E-state index in [4.69, 9.17) is 4.42 Å². The molecule has 0 saturated heterocycles. The van der Waals surface area contributed by atoms with E-state index >= 15 is 0 Å². The van der Waals surface area contributed by atoms with Crippen molar-refractivity contribution < 1.29 is 9.21 Å². The van der Waals surface area contributed by atoms with Crippen LogP contribution in [0, 0.1) is 0 Å². The van der Waals surface area contributed by atoms with Gasteiger partial charge in [-0.05, 0) is 24.3 Å². The molecule has 22 heavy (non-hydrogen) atoms. The van der Waals surface area contributed by atoms with Crippen molar-refractivity contribution in [2.75, 3.05) is 5.32 Å². The molecule has 2 aromatic heterocycles. The van der Waals surface area contributed by atoms with Crippen LogP contribution in [0.4, 0.5) is 10.8 Å². The van der Waals surface area contributed by atoms with E-state index in [9.17, 15) is 4.79 Å². The second-order valence-electron chi connectivity index (χ2n) is 4.70. The number of hydrogen-bond donors (Lipinski definition) is 2. The minimum absolute atomic E-state index is 0.0824. The van der Waals surface area contributed by atoms with Gasteiger partial charge in [0.1, 0.15) is 11.5 Å². The van der Waals surface area contributed by atoms with Crippen LogP contribution in [0.15, 0.2) is 52.3 Å². The number of nitrogens with one attached hydrogen (secondary N) is 2. The molecule has 0 aliphatic heterocycles. The van der Waals surface area contributed by atoms with Gasteiger partial charge < -0.3 is 15.1 Å². The third-order valence-corrected chi connectivity index (χ3v) is 3.71. The Morgan fingerprint density at radius 3 is 2.82 bits per heavy atom. The standard InChI is InChI=1S/C16H15N3O2S/c1-11(20)17-9-13-7-8-15(21-13)14-10-22-16(19-14)18-12-5-3-2-4-6-12/h2-8,10H,9H2,1H3,(H,17,20)(H,18,19). The molecule has 2 heterocycles. The van der Waals surface area contributed by atoms with Crippen LogP contribution in [-0.2, 0) is 11.3 Å². The van der Waals surface area contributed by atoms with Gasteiger partial charge in [0.05, 0.1) is 6.54 Å². The van der Waals surface area contributed by atoms with Crippen LogP contribution in [0.2, 0.25) is 0 Å². The van der Waals surface area contributed by atoms with E-state index in [0.29, 0.717) is 18.1 Å². The lowest BCUT2D eigenvalue weighted by molar-refractivity contribution is -0.119. The van der Waals surface area contributed by atoms with Gasteiger partial charge in [-0.15, -0.1) is 11.3 Å². The molecule has 0 radical (unpaired) electrons. The maximum atomic E-state index is 10.9. The van der Waals surface area contributed by atoms with Crippen LogP contribution in [0.1, 0.15) is 12.7 Å². The number of amides is 1. The molecule has 5 nitrogen and oxygen atoms in total. The number of hydrogen-bond acceptors (Lipinski definition) is 5. The Labute approximate surface area is 132 Å². The summed E-state index contributed by atoms with van der Waals surface area (Å²) in [5, 5.41) is 8.69. The number of aromatic nitrogens is 1. The third kappa shape index (κ3) is 3.53. The van der Waals surface area contributed by atoms with Gasteiger partial charge in [0.25, 0.3) is 0 Å². The maximum absolute atomic E-state index is 10.9. The molecule has 0 saturated carbocycles. The lowest BCUT2D eigenvalue weighted by atomic mass is 10.3. The first-order valence-corrected chi connectivity index (χ1v) is 7.70. The Morgan fingerprint density at radius 2 is 2.05 bits per heavy atom. The van der Waals surface area contributed by atoms with Gasteiger partial charge in [0, 0.05) is 18.0 Å². The molecule has 6 heteroatoms. The monoisotopic (exact) mass is 313 g/mol. The number of benzene rings is 1. The fourth-order valence-electron chi connectivity index (χ4n) is 1.91. The van der Waals surface area contributed by atoms with E-state index in [1.165, 1.54) is 18.3 Å². The second kappa shape index (κ2) is 6.44. The molecular weight excluding hydrogens is 298 g/mol. The lowest BCUT2D eigenvalue weighted by Crippen LogP contribution is -2.18. The summed E-state index contributed by atoms with van der Waals surface area (Å²) >= 11 is 1.51. The third-order valence-electron chi connectivity index (χ3n) is 2.95. The molecule has 112 valence electrons. The molecule has 3 aromatic rings. The highest BCUT2D eigenvalue weighted by atomic mass is 32.1. The van der Waals surface area contributed by atoms with Crippen LogP contribution in [0.3, 0.4) is 0 Å². The summed E-state index contributed by atoms with van der Waals surface area (Å²) in [6, 6.07) is 13.6. The SMILES string of the molecule is CC(=O)NCc1ccc(-c2csc(Nc3ccccc3)n2)o1. The van der Waals surface area contributed by atoms with Crippen LogP contribution in [-0.4, -0.2) is 10.9 Å². The number of carbonyl (C=O) groups is 1. The van der Waals surface area contributed by atoms with Gasteiger partial charge in [0.2, 0.25) is 5.91 Å². The normalized spacial score (nSPS) is 10.4. The Hall–Kier alpha value is -2.60. The largest absolute Gasteiger partial charge is 0.458 e. The number of thiazole rings is 1. The molecule has 2 N–H and O–H groups in total. The predicted octanol–water partition coefficient (Wildman–Crippen LogP) is 3.78. The van der Waals surface area contributed by atoms with Gasteiger partial charge in [0.15, 0.2) is 10.9 Å². The first kappa shape index (κ1) is 14.3. The molecule has 0 unspecified atom stereocenters. The number of rotatable bonds is 5. The topological polar surface area (TPSA) is 67.2 Å². The number of para-hydroxylation sites is 1. The van der Waals surface area contributed by atoms with E-state index in [1.54, 1.807) is 0 Å². The summed E-state index contributed by atoms with van der Waals surface area (Å²) in [7, 11) is 0. The lowest BCUT2D eigenvalue weighted by Gasteiger charge is -2.00. The highest BCUT2D eigenvalue weighted by Crippen LogP contribution is 2.28. The summed E-state index contributed by atoms with van der Waals surface area (Å²) in [4.78, 5) is 15.4. The van der Waals surface area contributed by atoms with Crippen LogP contribution in [0.25, 0.3) is 11.5 Å². The van der Waals surface area contributed by atoms with Gasteiger partial charge in [-0.25, -0.2) is 4.98 Å². The first-order valence-electron chi connectivity index (χ1n) is 6.82. The van der Waals surface area contributed by atoms with E-state index in [2.05, 4.69) is 15.6 Å². The van der Waals surface area contributed by atoms with Crippen LogP contribution in [0.5, 0.6) is 0 Å². The zero-order valence-electron chi connectivity index (χ0n) is 12.0. The molecule has 0 atom stereocenters. The molecule has 0 fully saturated rings. The summed E-state index contributed by atoms with van der Waals surface area (Å²) < 4.78 is 5.69. The number of carbonyl (C=O) groups excluding carboxylic acids is 1. The van der Waals surface area contributed by atoms with E-state index in [-0.39, 0.29) is 5.91 Å². The molecule has 0 aliphatic carbocycles. The quantitative estimate of drug-likeness (QED) is 0.752. The molecule has 1 amide bonds. The van der Waals surface area contributed by atoms with Gasteiger partial charge in [-0.3, -0.25) is 4.79 Å².